The van der Waals surface area contributed by atoms with Gasteiger partial charge in [-0.05, 0) is 18.9 Å². The highest BCUT2D eigenvalue weighted by molar-refractivity contribution is 5.92. The number of benzene rings is 1. The first-order valence-corrected chi connectivity index (χ1v) is 5.89. The average Bonchev–Trinajstić information content (AvgIpc) is 2.85. The number of hydrogen-bond donors (Lipinski definition) is 0. The minimum absolute atomic E-state index is 0.112. The second-order valence-electron chi connectivity index (χ2n) is 3.95. The van der Waals surface area contributed by atoms with Gasteiger partial charge in [0.05, 0.1) is 0 Å². The highest BCUT2D eigenvalue weighted by atomic mass is 16.1. The SMILES string of the molecule is CCn1ccnc1C(=O)CCc1ccccc1. The zero-order chi connectivity index (χ0) is 12.1. The number of rotatable bonds is 5. The first kappa shape index (κ1) is 11.6. The van der Waals surface area contributed by atoms with Crippen LogP contribution in [0.15, 0.2) is 42.7 Å². The third kappa shape index (κ3) is 2.81. The predicted molar refractivity (Wildman–Crippen MR) is 67.0 cm³/mol. The van der Waals surface area contributed by atoms with E-state index in [9.17, 15) is 4.79 Å². The monoisotopic (exact) mass is 228 g/mol. The van der Waals surface area contributed by atoms with Crippen molar-refractivity contribution in [3.8, 4) is 0 Å². The lowest BCUT2D eigenvalue weighted by molar-refractivity contribution is 0.0969. The van der Waals surface area contributed by atoms with Gasteiger partial charge in [0, 0.05) is 25.4 Å². The molecule has 0 aliphatic rings. The van der Waals surface area contributed by atoms with Gasteiger partial charge in [-0.2, -0.15) is 0 Å². The molecule has 0 radical (unpaired) electrons. The van der Waals surface area contributed by atoms with Crippen molar-refractivity contribution in [2.24, 2.45) is 0 Å². The van der Waals surface area contributed by atoms with Crippen LogP contribution in [0.5, 0.6) is 0 Å². The van der Waals surface area contributed by atoms with Crippen molar-refractivity contribution in [2.45, 2.75) is 26.3 Å². The summed E-state index contributed by atoms with van der Waals surface area (Å²) >= 11 is 0. The second kappa shape index (κ2) is 5.43. The van der Waals surface area contributed by atoms with Crippen LogP contribution in [0.2, 0.25) is 0 Å². The van der Waals surface area contributed by atoms with Crippen molar-refractivity contribution in [1.29, 1.82) is 0 Å². The van der Waals surface area contributed by atoms with Crippen LogP contribution in [0, 0.1) is 0 Å². The van der Waals surface area contributed by atoms with Crippen LogP contribution in [0.25, 0.3) is 0 Å². The van der Waals surface area contributed by atoms with Gasteiger partial charge in [-0.3, -0.25) is 4.79 Å². The van der Waals surface area contributed by atoms with Crippen LogP contribution in [0.1, 0.15) is 29.5 Å². The number of carbonyl (C=O) groups excluding carboxylic acids is 1. The maximum atomic E-state index is 12.0. The predicted octanol–water partition coefficient (Wildman–Crippen LogP) is 2.72. The number of carbonyl (C=O) groups is 1. The van der Waals surface area contributed by atoms with Crippen LogP contribution >= 0.6 is 0 Å². The van der Waals surface area contributed by atoms with Gasteiger partial charge in [-0.25, -0.2) is 4.98 Å². The average molecular weight is 228 g/mol. The Kier molecular flexibility index (Phi) is 3.70. The third-order valence-corrected chi connectivity index (χ3v) is 2.79. The van der Waals surface area contributed by atoms with Gasteiger partial charge in [0.2, 0.25) is 0 Å². The molecule has 3 nitrogen and oxygen atoms in total. The van der Waals surface area contributed by atoms with Crippen molar-refractivity contribution in [2.75, 3.05) is 0 Å². The fraction of sp³-hybridized carbons (Fsp3) is 0.286. The van der Waals surface area contributed by atoms with Crippen LogP contribution in [0.4, 0.5) is 0 Å². The van der Waals surface area contributed by atoms with Crippen molar-refractivity contribution in [3.05, 3.63) is 54.1 Å². The Hall–Kier alpha value is -1.90. The van der Waals surface area contributed by atoms with Gasteiger partial charge in [-0.15, -0.1) is 0 Å². The molecule has 0 aliphatic carbocycles. The summed E-state index contributed by atoms with van der Waals surface area (Å²) in [6.45, 7) is 2.79. The number of aryl methyl sites for hydroxylation is 2. The summed E-state index contributed by atoms with van der Waals surface area (Å²) in [6.07, 6.45) is 4.81. The lowest BCUT2D eigenvalue weighted by Crippen LogP contribution is -2.10. The summed E-state index contributed by atoms with van der Waals surface area (Å²) in [5, 5.41) is 0. The lowest BCUT2D eigenvalue weighted by atomic mass is 10.1. The van der Waals surface area contributed by atoms with Gasteiger partial charge in [-0.1, -0.05) is 30.3 Å². The molecule has 2 aromatic rings. The lowest BCUT2D eigenvalue weighted by Gasteiger charge is -2.03. The van der Waals surface area contributed by atoms with Crippen LogP contribution in [0.3, 0.4) is 0 Å². The van der Waals surface area contributed by atoms with Crippen molar-refractivity contribution in [3.63, 3.8) is 0 Å². The summed E-state index contributed by atoms with van der Waals surface area (Å²) in [5.74, 6) is 0.684. The summed E-state index contributed by atoms with van der Waals surface area (Å²) in [5.41, 5.74) is 1.19. The maximum absolute atomic E-state index is 12.0. The Balaban J connectivity index is 1.98. The molecule has 0 aliphatic heterocycles. The van der Waals surface area contributed by atoms with E-state index in [2.05, 4.69) is 4.98 Å². The Morgan fingerprint density at radius 2 is 2.06 bits per heavy atom. The molecule has 0 N–H and O–H groups in total. The van der Waals surface area contributed by atoms with E-state index in [0.29, 0.717) is 12.2 Å². The summed E-state index contributed by atoms with van der Waals surface area (Å²) in [4.78, 5) is 16.1. The molecule has 1 aromatic heterocycles. The molecule has 0 unspecified atom stereocenters. The van der Waals surface area contributed by atoms with E-state index in [0.717, 1.165) is 13.0 Å². The Morgan fingerprint density at radius 1 is 1.29 bits per heavy atom. The summed E-state index contributed by atoms with van der Waals surface area (Å²) < 4.78 is 1.88. The van der Waals surface area contributed by atoms with E-state index in [-0.39, 0.29) is 5.78 Å². The number of Topliss-reactive ketones (excluding diaryl/α,β-unsaturated/α-hetero) is 1. The van der Waals surface area contributed by atoms with Crippen molar-refractivity contribution in [1.82, 2.24) is 9.55 Å². The molecule has 0 saturated carbocycles. The molecule has 3 heteroatoms. The number of nitrogens with zero attached hydrogens (tertiary/aromatic N) is 2. The Morgan fingerprint density at radius 3 is 2.76 bits per heavy atom. The standard InChI is InChI=1S/C14H16N2O/c1-2-16-11-10-15-14(16)13(17)9-8-12-6-4-3-5-7-12/h3-7,10-11H,2,8-9H2,1H3. The van der Waals surface area contributed by atoms with E-state index in [1.807, 2.05) is 48.0 Å². The highest BCUT2D eigenvalue weighted by Gasteiger charge is 2.11. The zero-order valence-corrected chi connectivity index (χ0v) is 9.97. The van der Waals surface area contributed by atoms with Crippen molar-refractivity contribution >= 4 is 5.78 Å². The molecule has 88 valence electrons. The molecule has 1 heterocycles. The number of imidazole rings is 1. The first-order valence-electron chi connectivity index (χ1n) is 5.89. The van der Waals surface area contributed by atoms with Gasteiger partial charge in [0.15, 0.2) is 11.6 Å². The maximum Gasteiger partial charge on any atom is 0.198 e. The molecule has 1 aromatic carbocycles. The minimum Gasteiger partial charge on any atom is -0.329 e. The van der Waals surface area contributed by atoms with E-state index < -0.39 is 0 Å². The topological polar surface area (TPSA) is 34.9 Å². The van der Waals surface area contributed by atoms with Gasteiger partial charge in [0.1, 0.15) is 0 Å². The molecule has 0 amide bonds. The molecule has 17 heavy (non-hydrogen) atoms. The van der Waals surface area contributed by atoms with Gasteiger partial charge < -0.3 is 4.57 Å². The first-order chi connectivity index (χ1) is 8.31. The molecular weight excluding hydrogens is 212 g/mol. The smallest absolute Gasteiger partial charge is 0.198 e. The molecule has 0 atom stereocenters. The number of hydrogen-bond acceptors (Lipinski definition) is 2. The van der Waals surface area contributed by atoms with E-state index in [4.69, 9.17) is 0 Å². The quantitative estimate of drug-likeness (QED) is 0.737. The number of ketones is 1. The van der Waals surface area contributed by atoms with E-state index in [1.165, 1.54) is 5.56 Å². The molecule has 0 spiro atoms. The van der Waals surface area contributed by atoms with E-state index in [1.54, 1.807) is 6.20 Å². The second-order valence-corrected chi connectivity index (χ2v) is 3.95. The Bertz CT molecular complexity index is 488. The van der Waals surface area contributed by atoms with Crippen LogP contribution < -0.4 is 0 Å². The summed E-state index contributed by atoms with van der Waals surface area (Å²) in [6, 6.07) is 10.0. The molecule has 2 rings (SSSR count). The molecular formula is C14H16N2O. The fourth-order valence-corrected chi connectivity index (χ4v) is 1.83. The van der Waals surface area contributed by atoms with Gasteiger partial charge in [0.25, 0.3) is 0 Å². The Labute approximate surface area is 101 Å². The van der Waals surface area contributed by atoms with Gasteiger partial charge >= 0.3 is 0 Å². The highest BCUT2D eigenvalue weighted by Crippen LogP contribution is 2.07. The fourth-order valence-electron chi connectivity index (χ4n) is 1.83. The van der Waals surface area contributed by atoms with Crippen molar-refractivity contribution < 1.29 is 4.79 Å². The summed E-state index contributed by atoms with van der Waals surface area (Å²) in [7, 11) is 0. The van der Waals surface area contributed by atoms with E-state index >= 15 is 0 Å². The molecule has 0 fully saturated rings. The zero-order valence-electron chi connectivity index (χ0n) is 9.97. The minimum atomic E-state index is 0.112. The number of aromatic nitrogens is 2. The largest absolute Gasteiger partial charge is 0.329 e. The van der Waals surface area contributed by atoms with Crippen LogP contribution in [-0.4, -0.2) is 15.3 Å². The molecule has 0 bridgehead atoms. The normalized spacial score (nSPS) is 10.4. The molecule has 0 saturated heterocycles. The third-order valence-electron chi connectivity index (χ3n) is 2.79. The van der Waals surface area contributed by atoms with Crippen LogP contribution in [-0.2, 0) is 13.0 Å².